The van der Waals surface area contributed by atoms with Crippen molar-refractivity contribution in [1.82, 2.24) is 14.5 Å². The molecular formula is C21H20IN3O4S. The Bertz CT molecular complexity index is 1140. The molecule has 1 aliphatic heterocycles. The maximum Gasteiger partial charge on any atom is 0.266 e. The summed E-state index contributed by atoms with van der Waals surface area (Å²) in [5.74, 6) is 0.761. The van der Waals surface area contributed by atoms with Crippen LogP contribution in [0.5, 0.6) is 5.75 Å². The minimum Gasteiger partial charge on any atom is -0.495 e. The lowest BCUT2D eigenvalue weighted by molar-refractivity contribution is -0.132. The van der Waals surface area contributed by atoms with Gasteiger partial charge in [0, 0.05) is 16.7 Å². The van der Waals surface area contributed by atoms with Gasteiger partial charge in [-0.25, -0.2) is 4.98 Å². The zero-order valence-corrected chi connectivity index (χ0v) is 19.3. The second kappa shape index (κ2) is 9.36. The lowest BCUT2D eigenvalue weighted by Gasteiger charge is -2.26. The average Bonchev–Trinajstić information content (AvgIpc) is 2.78. The average molecular weight is 537 g/mol. The monoisotopic (exact) mass is 537 g/mol. The number of thioether (sulfide) groups is 1. The van der Waals surface area contributed by atoms with E-state index in [0.717, 1.165) is 3.57 Å². The number of hydrogen-bond donors (Lipinski definition) is 0. The van der Waals surface area contributed by atoms with E-state index in [1.807, 2.05) is 36.4 Å². The van der Waals surface area contributed by atoms with Crippen LogP contribution in [0.2, 0.25) is 0 Å². The van der Waals surface area contributed by atoms with Gasteiger partial charge in [-0.1, -0.05) is 23.9 Å². The summed E-state index contributed by atoms with van der Waals surface area (Å²) in [6.45, 7) is 2.27. The first-order valence-electron chi connectivity index (χ1n) is 9.42. The molecule has 156 valence electrons. The molecule has 7 nitrogen and oxygen atoms in total. The van der Waals surface area contributed by atoms with Gasteiger partial charge in [-0.05, 0) is 52.9 Å². The molecule has 30 heavy (non-hydrogen) atoms. The van der Waals surface area contributed by atoms with Crippen LogP contribution in [-0.4, -0.2) is 59.5 Å². The quantitative estimate of drug-likeness (QED) is 0.283. The summed E-state index contributed by atoms with van der Waals surface area (Å²) in [4.78, 5) is 32.6. The lowest BCUT2D eigenvalue weighted by atomic mass is 10.2. The van der Waals surface area contributed by atoms with E-state index < -0.39 is 0 Å². The molecule has 4 rings (SSSR count). The Labute approximate surface area is 191 Å². The third kappa shape index (κ3) is 4.33. The standard InChI is InChI=1S/C21H20IN3O4S/c1-28-18-5-3-2-4-17(18)25-20(27)15-12-14(22)6-7-16(15)23-21(25)30-13-19(26)24-8-10-29-11-9-24/h2-7,12H,8-11,13H2,1H3. The van der Waals surface area contributed by atoms with Crippen LogP contribution in [0.3, 0.4) is 0 Å². The maximum absolute atomic E-state index is 13.5. The second-order valence-electron chi connectivity index (χ2n) is 6.65. The van der Waals surface area contributed by atoms with Crippen molar-refractivity contribution in [3.8, 4) is 11.4 Å². The predicted molar refractivity (Wildman–Crippen MR) is 125 cm³/mol. The number of nitrogens with zero attached hydrogens (tertiary/aromatic N) is 3. The number of carbonyl (C=O) groups excluding carboxylic acids is 1. The van der Waals surface area contributed by atoms with Crippen molar-refractivity contribution in [2.24, 2.45) is 0 Å². The van der Waals surface area contributed by atoms with Crippen molar-refractivity contribution in [2.45, 2.75) is 5.16 Å². The molecule has 0 N–H and O–H groups in total. The van der Waals surface area contributed by atoms with Gasteiger partial charge in [0.15, 0.2) is 5.16 Å². The van der Waals surface area contributed by atoms with Gasteiger partial charge in [0.1, 0.15) is 5.75 Å². The molecule has 1 aromatic heterocycles. The maximum atomic E-state index is 13.5. The zero-order valence-electron chi connectivity index (χ0n) is 16.3. The Kier molecular flexibility index (Phi) is 6.59. The number of amides is 1. The zero-order chi connectivity index (χ0) is 21.1. The third-order valence-electron chi connectivity index (χ3n) is 4.81. The largest absolute Gasteiger partial charge is 0.495 e. The van der Waals surface area contributed by atoms with Gasteiger partial charge in [-0.2, -0.15) is 0 Å². The van der Waals surface area contributed by atoms with E-state index in [1.165, 1.54) is 16.3 Å². The van der Waals surface area contributed by atoms with Crippen LogP contribution in [0.15, 0.2) is 52.4 Å². The summed E-state index contributed by atoms with van der Waals surface area (Å²) in [6.07, 6.45) is 0. The van der Waals surface area contributed by atoms with Gasteiger partial charge in [-0.15, -0.1) is 0 Å². The van der Waals surface area contributed by atoms with Crippen molar-refractivity contribution >= 4 is 51.2 Å². The number of methoxy groups -OCH3 is 1. The molecule has 9 heteroatoms. The Morgan fingerprint density at radius 3 is 2.77 bits per heavy atom. The molecule has 2 heterocycles. The van der Waals surface area contributed by atoms with Crippen molar-refractivity contribution in [3.63, 3.8) is 0 Å². The summed E-state index contributed by atoms with van der Waals surface area (Å²) in [5.41, 5.74) is 1.01. The second-order valence-corrected chi connectivity index (χ2v) is 8.84. The fraction of sp³-hybridized carbons (Fsp3) is 0.286. The van der Waals surface area contributed by atoms with Crippen LogP contribution in [0.25, 0.3) is 16.6 Å². The molecule has 1 saturated heterocycles. The Balaban J connectivity index is 1.78. The lowest BCUT2D eigenvalue weighted by Crippen LogP contribution is -2.41. The summed E-state index contributed by atoms with van der Waals surface area (Å²) < 4.78 is 13.3. The molecule has 0 aliphatic carbocycles. The molecule has 0 atom stereocenters. The highest BCUT2D eigenvalue weighted by Gasteiger charge is 2.20. The first-order valence-corrected chi connectivity index (χ1v) is 11.5. The number of carbonyl (C=O) groups is 1. The van der Waals surface area contributed by atoms with Crippen molar-refractivity contribution in [3.05, 3.63) is 56.4 Å². The summed E-state index contributed by atoms with van der Waals surface area (Å²) in [7, 11) is 1.57. The highest BCUT2D eigenvalue weighted by molar-refractivity contribution is 14.1. The Morgan fingerprint density at radius 1 is 1.23 bits per heavy atom. The molecule has 0 radical (unpaired) electrons. The van der Waals surface area contributed by atoms with E-state index >= 15 is 0 Å². The molecule has 0 bridgehead atoms. The molecule has 0 saturated carbocycles. The highest BCUT2D eigenvalue weighted by atomic mass is 127. The van der Waals surface area contributed by atoms with Crippen LogP contribution >= 0.6 is 34.4 Å². The predicted octanol–water partition coefficient (Wildman–Crippen LogP) is 2.95. The van der Waals surface area contributed by atoms with E-state index in [1.54, 1.807) is 18.1 Å². The number of aromatic nitrogens is 2. The van der Waals surface area contributed by atoms with Crippen molar-refractivity contribution < 1.29 is 14.3 Å². The molecule has 1 amide bonds. The fourth-order valence-electron chi connectivity index (χ4n) is 3.29. The number of ether oxygens (including phenoxy) is 2. The van der Waals surface area contributed by atoms with Gasteiger partial charge in [0.05, 0.1) is 42.7 Å². The first kappa shape index (κ1) is 21.1. The SMILES string of the molecule is COc1ccccc1-n1c(SCC(=O)N2CCOCC2)nc2ccc(I)cc2c1=O. The number of halogens is 1. The molecule has 1 aliphatic rings. The third-order valence-corrected chi connectivity index (χ3v) is 6.41. The summed E-state index contributed by atoms with van der Waals surface area (Å²) in [6, 6.07) is 12.9. The number of fused-ring (bicyclic) bond motifs is 1. The van der Waals surface area contributed by atoms with Crippen LogP contribution in [0.4, 0.5) is 0 Å². The van der Waals surface area contributed by atoms with Crippen LogP contribution in [-0.2, 0) is 9.53 Å². The molecular weight excluding hydrogens is 517 g/mol. The topological polar surface area (TPSA) is 73.7 Å². The van der Waals surface area contributed by atoms with Crippen molar-refractivity contribution in [1.29, 1.82) is 0 Å². The van der Waals surface area contributed by atoms with E-state index in [-0.39, 0.29) is 17.2 Å². The van der Waals surface area contributed by atoms with Gasteiger partial charge in [-0.3, -0.25) is 14.2 Å². The smallest absolute Gasteiger partial charge is 0.266 e. The minimum absolute atomic E-state index is 0.00633. The van der Waals surface area contributed by atoms with Crippen molar-refractivity contribution in [2.75, 3.05) is 39.2 Å². The van der Waals surface area contributed by atoms with Gasteiger partial charge >= 0.3 is 0 Å². The number of rotatable bonds is 5. The molecule has 2 aromatic carbocycles. The summed E-state index contributed by atoms with van der Waals surface area (Å²) >= 11 is 3.44. The van der Waals surface area contributed by atoms with Crippen LogP contribution in [0, 0.1) is 3.57 Å². The number of morpholine rings is 1. The Hall–Kier alpha value is -2.11. The van der Waals surface area contributed by atoms with E-state index in [0.29, 0.717) is 53.8 Å². The Morgan fingerprint density at radius 2 is 2.00 bits per heavy atom. The van der Waals surface area contributed by atoms with E-state index in [9.17, 15) is 9.59 Å². The van der Waals surface area contributed by atoms with Crippen LogP contribution in [0.1, 0.15) is 0 Å². The van der Waals surface area contributed by atoms with E-state index in [2.05, 4.69) is 22.6 Å². The summed E-state index contributed by atoms with van der Waals surface area (Å²) in [5, 5.41) is 0.983. The van der Waals surface area contributed by atoms with E-state index in [4.69, 9.17) is 14.5 Å². The first-order chi connectivity index (χ1) is 14.6. The molecule has 3 aromatic rings. The molecule has 1 fully saturated rings. The number of benzene rings is 2. The fourth-order valence-corrected chi connectivity index (χ4v) is 4.69. The highest BCUT2D eigenvalue weighted by Crippen LogP contribution is 2.27. The molecule has 0 unspecified atom stereocenters. The van der Waals surface area contributed by atoms with Gasteiger partial charge in [0.25, 0.3) is 5.56 Å². The van der Waals surface area contributed by atoms with Gasteiger partial charge in [0.2, 0.25) is 5.91 Å². The normalized spacial score (nSPS) is 14.1. The minimum atomic E-state index is -0.190. The van der Waals surface area contributed by atoms with Gasteiger partial charge < -0.3 is 14.4 Å². The molecule has 0 spiro atoms. The number of para-hydroxylation sites is 2. The number of hydrogen-bond acceptors (Lipinski definition) is 6. The van der Waals surface area contributed by atoms with Crippen LogP contribution < -0.4 is 10.3 Å².